The number of carbonyl (C=O) groups excluding carboxylic acids is 1. The molecule has 3 heterocycles. The van der Waals surface area contributed by atoms with Crippen molar-refractivity contribution in [2.75, 3.05) is 18.0 Å². The third kappa shape index (κ3) is 2.97. The topological polar surface area (TPSA) is 56.4 Å². The number of hydrogen-bond acceptors (Lipinski definition) is 3. The van der Waals surface area contributed by atoms with E-state index in [1.54, 1.807) is 17.0 Å². The highest BCUT2D eigenvalue weighted by atomic mass is 19.2. The van der Waals surface area contributed by atoms with Crippen LogP contribution < -0.4 is 10.5 Å². The van der Waals surface area contributed by atoms with Gasteiger partial charge in [-0.15, -0.1) is 0 Å². The fourth-order valence-corrected chi connectivity index (χ4v) is 4.69. The summed E-state index contributed by atoms with van der Waals surface area (Å²) in [5, 5.41) is 0.715. The number of fused-ring (bicyclic) bond motifs is 3. The van der Waals surface area contributed by atoms with Crippen molar-refractivity contribution in [2.24, 2.45) is 0 Å². The van der Waals surface area contributed by atoms with Gasteiger partial charge < -0.3 is 14.8 Å². The van der Waals surface area contributed by atoms with E-state index in [2.05, 4.69) is 9.88 Å². The molecule has 2 aromatic carbocycles. The largest absolute Gasteiger partial charge is 0.362 e. The number of piperazine rings is 1. The Morgan fingerprint density at radius 1 is 0.966 bits per heavy atom. The van der Waals surface area contributed by atoms with E-state index in [9.17, 15) is 18.4 Å². The van der Waals surface area contributed by atoms with Crippen molar-refractivity contribution in [1.82, 2.24) is 9.88 Å². The summed E-state index contributed by atoms with van der Waals surface area (Å²) in [7, 11) is 0. The van der Waals surface area contributed by atoms with Gasteiger partial charge in [0.1, 0.15) is 0 Å². The number of anilines is 1. The van der Waals surface area contributed by atoms with Gasteiger partial charge in [-0.25, -0.2) is 8.78 Å². The van der Waals surface area contributed by atoms with Crippen molar-refractivity contribution in [1.29, 1.82) is 0 Å². The molecule has 2 atom stereocenters. The molecule has 0 spiro atoms. The Kier molecular flexibility index (Phi) is 4.12. The van der Waals surface area contributed by atoms with Gasteiger partial charge >= 0.3 is 0 Å². The minimum Gasteiger partial charge on any atom is -0.362 e. The van der Waals surface area contributed by atoms with Crippen molar-refractivity contribution in [3.8, 4) is 0 Å². The van der Waals surface area contributed by atoms with Gasteiger partial charge in [-0.1, -0.05) is 18.2 Å². The first-order valence-corrected chi connectivity index (χ1v) is 9.66. The molecule has 2 bridgehead atoms. The smallest absolute Gasteiger partial charge is 0.254 e. The second-order valence-electron chi connectivity index (χ2n) is 7.69. The summed E-state index contributed by atoms with van der Waals surface area (Å²) in [4.78, 5) is 31.9. The summed E-state index contributed by atoms with van der Waals surface area (Å²) in [5.41, 5.74) is 1.36. The van der Waals surface area contributed by atoms with Crippen molar-refractivity contribution in [3.63, 3.8) is 0 Å². The molecule has 2 aliphatic heterocycles. The maximum atomic E-state index is 13.7. The minimum atomic E-state index is -0.865. The molecule has 2 saturated heterocycles. The van der Waals surface area contributed by atoms with E-state index in [1.807, 2.05) is 18.2 Å². The first-order chi connectivity index (χ1) is 14.0. The summed E-state index contributed by atoms with van der Waals surface area (Å²) in [6.45, 7) is 0.963. The van der Waals surface area contributed by atoms with Crippen LogP contribution in [0.15, 0.2) is 53.3 Å². The van der Waals surface area contributed by atoms with E-state index in [1.165, 1.54) is 12.1 Å². The van der Waals surface area contributed by atoms with Crippen LogP contribution in [0.5, 0.6) is 0 Å². The van der Waals surface area contributed by atoms with Crippen LogP contribution in [-0.2, 0) is 0 Å². The van der Waals surface area contributed by atoms with Gasteiger partial charge in [-0.3, -0.25) is 9.59 Å². The molecule has 0 saturated carbocycles. The van der Waals surface area contributed by atoms with Gasteiger partial charge in [-0.05, 0) is 31.0 Å². The summed E-state index contributed by atoms with van der Waals surface area (Å²) < 4.78 is 27.0. The maximum Gasteiger partial charge on any atom is 0.254 e. The number of nitrogens with one attached hydrogen (secondary N) is 1. The number of nitrogens with zero attached hydrogens (tertiary/aromatic N) is 2. The van der Waals surface area contributed by atoms with Gasteiger partial charge in [0.2, 0.25) is 5.56 Å². The molecule has 0 radical (unpaired) electrons. The van der Waals surface area contributed by atoms with Gasteiger partial charge in [0, 0.05) is 53.9 Å². The third-order valence-electron chi connectivity index (χ3n) is 5.95. The Morgan fingerprint density at radius 2 is 1.69 bits per heavy atom. The Labute approximate surface area is 165 Å². The molecule has 1 N–H and O–H groups in total. The van der Waals surface area contributed by atoms with Gasteiger partial charge in [0.15, 0.2) is 11.6 Å². The number of rotatable bonds is 2. The van der Waals surface area contributed by atoms with Crippen molar-refractivity contribution < 1.29 is 13.6 Å². The second-order valence-corrected chi connectivity index (χ2v) is 7.69. The lowest BCUT2D eigenvalue weighted by Crippen LogP contribution is -2.55. The monoisotopic (exact) mass is 395 g/mol. The third-order valence-corrected chi connectivity index (χ3v) is 5.95. The number of aromatic amines is 1. The van der Waals surface area contributed by atoms with Gasteiger partial charge in [-0.2, -0.15) is 0 Å². The number of pyridine rings is 1. The lowest BCUT2D eigenvalue weighted by molar-refractivity contribution is 0.0719. The fraction of sp³-hybridized carbons (Fsp3) is 0.273. The highest BCUT2D eigenvalue weighted by Gasteiger charge is 2.42. The first kappa shape index (κ1) is 17.8. The van der Waals surface area contributed by atoms with E-state index in [0.717, 1.165) is 18.9 Å². The predicted octanol–water partition coefficient (Wildman–Crippen LogP) is 3.30. The quantitative estimate of drug-likeness (QED) is 0.725. The number of aromatic nitrogens is 1. The number of likely N-dealkylation sites (tertiary alicyclic amines) is 1. The number of benzene rings is 2. The molecule has 2 unspecified atom stereocenters. The fourth-order valence-electron chi connectivity index (χ4n) is 4.69. The second kappa shape index (κ2) is 6.69. The summed E-state index contributed by atoms with van der Waals surface area (Å²) in [6.07, 6.45) is 1.76. The van der Waals surface area contributed by atoms with Crippen LogP contribution in [0.2, 0.25) is 0 Å². The lowest BCUT2D eigenvalue weighted by atomic mass is 10.1. The zero-order valence-electron chi connectivity index (χ0n) is 15.6. The van der Waals surface area contributed by atoms with Gasteiger partial charge in [0.25, 0.3) is 5.91 Å². The van der Waals surface area contributed by atoms with Crippen molar-refractivity contribution >= 4 is 22.5 Å². The molecule has 29 heavy (non-hydrogen) atoms. The number of H-pyrrole nitrogens is 1. The summed E-state index contributed by atoms with van der Waals surface area (Å²) in [5.74, 6) is -1.90. The molecular weight excluding hydrogens is 376 g/mol. The van der Waals surface area contributed by atoms with Crippen LogP contribution in [0.4, 0.5) is 14.5 Å². The molecule has 7 heteroatoms. The predicted molar refractivity (Wildman–Crippen MR) is 106 cm³/mol. The van der Waals surface area contributed by atoms with E-state index in [0.29, 0.717) is 35.2 Å². The molecular formula is C22H19F2N3O2. The van der Waals surface area contributed by atoms with Crippen LogP contribution in [0.25, 0.3) is 10.9 Å². The number of hydrogen-bond donors (Lipinski definition) is 1. The normalized spacial score (nSPS) is 21.0. The standard InChI is InChI=1S/C22H19F2N3O2/c23-18-8-7-13(9-19(18)24)27-14-5-6-15(27)12-26(11-14)22(29)17-10-21(28)25-20-4-2-1-3-16(17)20/h1-4,7-10,14-15H,5-6,11-12H2,(H,25,28). The zero-order chi connectivity index (χ0) is 20.1. The first-order valence-electron chi connectivity index (χ1n) is 9.66. The number of para-hydroxylation sites is 1. The number of amides is 1. The minimum absolute atomic E-state index is 0.0378. The maximum absolute atomic E-state index is 13.7. The van der Waals surface area contributed by atoms with Crippen LogP contribution in [0.1, 0.15) is 23.2 Å². The lowest BCUT2D eigenvalue weighted by Gasteiger charge is -2.42. The number of carbonyl (C=O) groups is 1. The molecule has 2 aliphatic rings. The summed E-state index contributed by atoms with van der Waals surface area (Å²) >= 11 is 0. The Balaban J connectivity index is 1.45. The molecule has 2 fully saturated rings. The van der Waals surface area contributed by atoms with Crippen LogP contribution in [0.3, 0.4) is 0 Å². The van der Waals surface area contributed by atoms with Crippen LogP contribution in [0, 0.1) is 11.6 Å². The zero-order valence-corrected chi connectivity index (χ0v) is 15.6. The highest BCUT2D eigenvalue weighted by molar-refractivity contribution is 6.06. The molecule has 1 amide bonds. The van der Waals surface area contributed by atoms with Crippen LogP contribution in [-0.4, -0.2) is 41.0 Å². The van der Waals surface area contributed by atoms with E-state index >= 15 is 0 Å². The van der Waals surface area contributed by atoms with Gasteiger partial charge in [0.05, 0.1) is 5.56 Å². The Bertz CT molecular complexity index is 1160. The van der Waals surface area contributed by atoms with Crippen LogP contribution >= 0.6 is 0 Å². The Morgan fingerprint density at radius 3 is 2.41 bits per heavy atom. The van der Waals surface area contributed by atoms with Crippen molar-refractivity contribution in [2.45, 2.75) is 24.9 Å². The molecule has 148 valence electrons. The molecule has 1 aromatic heterocycles. The summed E-state index contributed by atoms with van der Waals surface area (Å²) in [6, 6.07) is 12.6. The molecule has 5 rings (SSSR count). The van der Waals surface area contributed by atoms with E-state index < -0.39 is 11.6 Å². The average Bonchev–Trinajstić information content (AvgIpc) is 2.98. The van der Waals surface area contributed by atoms with Crippen molar-refractivity contribution in [3.05, 3.63) is 76.1 Å². The SMILES string of the molecule is O=C(c1cc(=O)[nH]c2ccccc12)N1CC2CCC(C1)N2c1ccc(F)c(F)c1. The van der Waals surface area contributed by atoms with E-state index in [4.69, 9.17) is 0 Å². The molecule has 0 aliphatic carbocycles. The highest BCUT2D eigenvalue weighted by Crippen LogP contribution is 2.36. The molecule has 5 nitrogen and oxygen atoms in total. The number of halogens is 2. The molecule has 3 aromatic rings. The Hall–Kier alpha value is -3.22. The van der Waals surface area contributed by atoms with E-state index in [-0.39, 0.29) is 23.6 Å². The average molecular weight is 395 g/mol.